The lowest BCUT2D eigenvalue weighted by molar-refractivity contribution is -0.129. The van der Waals surface area contributed by atoms with Crippen LogP contribution in [0, 0.1) is 5.82 Å². The Morgan fingerprint density at radius 1 is 1.25 bits per heavy atom. The van der Waals surface area contributed by atoms with Crippen molar-refractivity contribution in [2.24, 2.45) is 0 Å². The third-order valence-corrected chi connectivity index (χ3v) is 4.15. The minimum Gasteiger partial charge on any atom is -0.355 e. The normalized spacial score (nSPS) is 15.3. The number of amides is 2. The molecular formula is C17H18FN3O3. The van der Waals surface area contributed by atoms with Gasteiger partial charge in [-0.2, -0.15) is 0 Å². The molecular weight excluding hydrogens is 313 g/mol. The van der Waals surface area contributed by atoms with Crippen molar-refractivity contribution in [2.45, 2.75) is 25.8 Å². The molecule has 2 heterocycles. The van der Waals surface area contributed by atoms with Crippen LogP contribution in [0.15, 0.2) is 34.9 Å². The zero-order valence-corrected chi connectivity index (χ0v) is 13.3. The molecule has 0 unspecified atom stereocenters. The molecule has 1 aliphatic rings. The number of carbonyl (C=O) groups is 2. The number of hydrogen-bond acceptors (Lipinski definition) is 4. The summed E-state index contributed by atoms with van der Waals surface area (Å²) in [6, 6.07) is 7.32. The van der Waals surface area contributed by atoms with Gasteiger partial charge in [0.15, 0.2) is 11.5 Å². The summed E-state index contributed by atoms with van der Waals surface area (Å²) in [6.07, 6.45) is 1.43. The zero-order chi connectivity index (χ0) is 17.1. The van der Waals surface area contributed by atoms with Crippen LogP contribution in [-0.2, 0) is 4.79 Å². The quantitative estimate of drug-likeness (QED) is 0.936. The molecule has 7 heteroatoms. The molecule has 1 fully saturated rings. The SMILES string of the molecule is CC(=O)N1CCC(NC(=O)c2cc(-c3ccc(F)cc3)on2)CC1. The molecule has 2 aromatic rings. The summed E-state index contributed by atoms with van der Waals surface area (Å²) < 4.78 is 18.1. The number of likely N-dealkylation sites (tertiary alicyclic amines) is 1. The number of carbonyl (C=O) groups excluding carboxylic acids is 2. The molecule has 0 radical (unpaired) electrons. The first kappa shape index (κ1) is 16.2. The van der Waals surface area contributed by atoms with E-state index in [-0.39, 0.29) is 29.4 Å². The molecule has 2 amide bonds. The van der Waals surface area contributed by atoms with Crippen molar-refractivity contribution >= 4 is 11.8 Å². The largest absolute Gasteiger partial charge is 0.355 e. The van der Waals surface area contributed by atoms with Crippen LogP contribution < -0.4 is 5.32 Å². The number of aromatic nitrogens is 1. The Bertz CT molecular complexity index is 734. The van der Waals surface area contributed by atoms with Gasteiger partial charge in [-0.1, -0.05) is 5.16 Å². The van der Waals surface area contributed by atoms with E-state index in [9.17, 15) is 14.0 Å². The Morgan fingerprint density at radius 3 is 2.54 bits per heavy atom. The van der Waals surface area contributed by atoms with E-state index in [1.165, 1.54) is 18.2 Å². The highest BCUT2D eigenvalue weighted by Gasteiger charge is 2.23. The Kier molecular flexibility index (Phi) is 4.59. The highest BCUT2D eigenvalue weighted by atomic mass is 19.1. The van der Waals surface area contributed by atoms with Crippen molar-refractivity contribution in [1.29, 1.82) is 0 Å². The molecule has 0 bridgehead atoms. The van der Waals surface area contributed by atoms with Crippen molar-refractivity contribution in [3.05, 3.63) is 41.8 Å². The van der Waals surface area contributed by atoms with Crippen LogP contribution in [0.1, 0.15) is 30.3 Å². The Labute approximate surface area is 138 Å². The Morgan fingerprint density at radius 2 is 1.92 bits per heavy atom. The number of halogens is 1. The molecule has 0 atom stereocenters. The van der Waals surface area contributed by atoms with Gasteiger partial charge in [0, 0.05) is 37.7 Å². The lowest BCUT2D eigenvalue weighted by Crippen LogP contribution is -2.46. The zero-order valence-electron chi connectivity index (χ0n) is 13.3. The predicted molar refractivity (Wildman–Crippen MR) is 84.6 cm³/mol. The first-order chi connectivity index (χ1) is 11.5. The van der Waals surface area contributed by atoms with Gasteiger partial charge < -0.3 is 14.7 Å². The van der Waals surface area contributed by atoms with E-state index in [1.54, 1.807) is 24.0 Å². The number of nitrogens with zero attached hydrogens (tertiary/aromatic N) is 2. The molecule has 0 spiro atoms. The van der Waals surface area contributed by atoms with Crippen LogP contribution in [0.5, 0.6) is 0 Å². The minimum absolute atomic E-state index is 0.0130. The topological polar surface area (TPSA) is 75.4 Å². The van der Waals surface area contributed by atoms with Crippen LogP contribution in [0.25, 0.3) is 11.3 Å². The average Bonchev–Trinajstić information content (AvgIpc) is 3.06. The van der Waals surface area contributed by atoms with Gasteiger partial charge in [0.2, 0.25) is 5.91 Å². The van der Waals surface area contributed by atoms with Crippen LogP contribution >= 0.6 is 0 Å². The minimum atomic E-state index is -0.340. The van der Waals surface area contributed by atoms with Gasteiger partial charge in [-0.25, -0.2) is 4.39 Å². The second-order valence-corrected chi connectivity index (χ2v) is 5.84. The third kappa shape index (κ3) is 3.61. The molecule has 3 rings (SSSR count). The lowest BCUT2D eigenvalue weighted by Gasteiger charge is -2.31. The maximum Gasteiger partial charge on any atom is 0.273 e. The molecule has 24 heavy (non-hydrogen) atoms. The van der Waals surface area contributed by atoms with Gasteiger partial charge in [-0.3, -0.25) is 9.59 Å². The number of rotatable bonds is 3. The van der Waals surface area contributed by atoms with E-state index < -0.39 is 0 Å². The van der Waals surface area contributed by atoms with Crippen LogP contribution in [0.4, 0.5) is 4.39 Å². The lowest BCUT2D eigenvalue weighted by atomic mass is 10.0. The van der Waals surface area contributed by atoms with Crippen LogP contribution in [0.2, 0.25) is 0 Å². The van der Waals surface area contributed by atoms with Crippen molar-refractivity contribution in [2.75, 3.05) is 13.1 Å². The van der Waals surface area contributed by atoms with Gasteiger partial charge in [0.05, 0.1) is 0 Å². The Balaban J connectivity index is 1.60. The highest BCUT2D eigenvalue weighted by molar-refractivity contribution is 5.93. The van der Waals surface area contributed by atoms with Crippen LogP contribution in [-0.4, -0.2) is 41.0 Å². The molecule has 6 nitrogen and oxygen atoms in total. The molecule has 0 aliphatic carbocycles. The first-order valence-corrected chi connectivity index (χ1v) is 7.82. The number of hydrogen-bond donors (Lipinski definition) is 1. The van der Waals surface area contributed by atoms with Gasteiger partial charge in [0.25, 0.3) is 5.91 Å². The highest BCUT2D eigenvalue weighted by Crippen LogP contribution is 2.21. The summed E-state index contributed by atoms with van der Waals surface area (Å²) in [5, 5.41) is 6.69. The van der Waals surface area contributed by atoms with Crippen molar-refractivity contribution < 1.29 is 18.5 Å². The van der Waals surface area contributed by atoms with Crippen molar-refractivity contribution in [3.8, 4) is 11.3 Å². The fourth-order valence-corrected chi connectivity index (χ4v) is 2.73. The van der Waals surface area contributed by atoms with Crippen molar-refractivity contribution in [3.63, 3.8) is 0 Å². The van der Waals surface area contributed by atoms with Gasteiger partial charge in [-0.15, -0.1) is 0 Å². The summed E-state index contributed by atoms with van der Waals surface area (Å²) in [6.45, 7) is 2.82. The monoisotopic (exact) mass is 331 g/mol. The molecule has 1 N–H and O–H groups in total. The smallest absolute Gasteiger partial charge is 0.273 e. The summed E-state index contributed by atoms with van der Waals surface area (Å²) in [4.78, 5) is 25.3. The Hall–Kier alpha value is -2.70. The van der Waals surface area contributed by atoms with Crippen molar-refractivity contribution in [1.82, 2.24) is 15.4 Å². The maximum absolute atomic E-state index is 12.9. The number of piperidine rings is 1. The molecule has 1 aliphatic heterocycles. The van der Waals surface area contributed by atoms with Gasteiger partial charge in [0.1, 0.15) is 5.82 Å². The molecule has 126 valence electrons. The fraction of sp³-hybridized carbons (Fsp3) is 0.353. The molecule has 1 aromatic heterocycles. The number of benzene rings is 1. The second-order valence-electron chi connectivity index (χ2n) is 5.84. The fourth-order valence-electron chi connectivity index (χ4n) is 2.73. The summed E-state index contributed by atoms with van der Waals surface area (Å²) in [7, 11) is 0. The van der Waals surface area contributed by atoms with E-state index in [0.717, 1.165) is 0 Å². The summed E-state index contributed by atoms with van der Waals surface area (Å²) in [5.74, 6) is -0.187. The van der Waals surface area contributed by atoms with E-state index in [4.69, 9.17) is 4.52 Å². The van der Waals surface area contributed by atoms with E-state index in [2.05, 4.69) is 10.5 Å². The summed E-state index contributed by atoms with van der Waals surface area (Å²) in [5.41, 5.74) is 0.834. The predicted octanol–water partition coefficient (Wildman–Crippen LogP) is 2.22. The van der Waals surface area contributed by atoms with Gasteiger partial charge in [-0.05, 0) is 37.1 Å². The van der Waals surface area contributed by atoms with E-state index in [1.807, 2.05) is 0 Å². The molecule has 1 saturated heterocycles. The molecule has 1 aromatic carbocycles. The standard InChI is InChI=1S/C17H18FN3O3/c1-11(22)21-8-6-14(7-9-21)19-17(23)15-10-16(24-20-15)12-2-4-13(18)5-3-12/h2-5,10,14H,6-9H2,1H3,(H,19,23). The second kappa shape index (κ2) is 6.82. The third-order valence-electron chi connectivity index (χ3n) is 4.15. The van der Waals surface area contributed by atoms with E-state index >= 15 is 0 Å². The maximum atomic E-state index is 12.9. The first-order valence-electron chi connectivity index (χ1n) is 7.82. The molecule has 0 saturated carbocycles. The van der Waals surface area contributed by atoms with Gasteiger partial charge >= 0.3 is 0 Å². The average molecular weight is 331 g/mol. The van der Waals surface area contributed by atoms with Crippen LogP contribution in [0.3, 0.4) is 0 Å². The summed E-state index contributed by atoms with van der Waals surface area (Å²) >= 11 is 0. The number of nitrogens with one attached hydrogen (secondary N) is 1. The van der Waals surface area contributed by atoms with E-state index in [0.29, 0.717) is 37.3 Å².